The summed E-state index contributed by atoms with van der Waals surface area (Å²) in [5, 5.41) is 4.96. The Hall–Kier alpha value is -2.63. The minimum absolute atomic E-state index is 0.296. The van der Waals surface area contributed by atoms with Crippen LogP contribution in [0.1, 0.15) is 85.0 Å². The van der Waals surface area contributed by atoms with Crippen molar-refractivity contribution in [1.29, 1.82) is 0 Å². The topological polar surface area (TPSA) is 151 Å². The highest BCUT2D eigenvalue weighted by Crippen LogP contribution is 2.46. The van der Waals surface area contributed by atoms with Crippen molar-refractivity contribution in [3.63, 3.8) is 0 Å². The predicted octanol–water partition coefficient (Wildman–Crippen LogP) is 1.87. The maximum Gasteiger partial charge on any atom is 0.408 e. The van der Waals surface area contributed by atoms with E-state index in [1.807, 2.05) is 12.2 Å². The molecule has 11 nitrogen and oxygen atoms in total. The van der Waals surface area contributed by atoms with E-state index in [1.54, 1.807) is 20.8 Å². The van der Waals surface area contributed by atoms with Crippen LogP contribution in [0, 0.1) is 5.92 Å². The minimum atomic E-state index is -3.78. The second kappa shape index (κ2) is 10.9. The number of carbonyl (C=O) groups excluding carboxylic acids is 4. The molecule has 2 aliphatic heterocycles. The molecule has 4 atom stereocenters. The number of fused-ring (bicyclic) bond motifs is 2. The lowest BCUT2D eigenvalue weighted by molar-refractivity contribution is -0.141. The van der Waals surface area contributed by atoms with Crippen molar-refractivity contribution in [1.82, 2.24) is 20.3 Å². The average molecular weight is 553 g/mol. The number of hydrogen-bond donors (Lipinski definition) is 3. The number of hydrogen-bond acceptors (Lipinski definition) is 7. The number of allylic oxidation sites excluding steroid dienone is 1. The fraction of sp³-hybridized carbons (Fsp3) is 0.769. The van der Waals surface area contributed by atoms with E-state index in [0.29, 0.717) is 51.5 Å². The molecule has 0 aromatic heterocycles. The van der Waals surface area contributed by atoms with Gasteiger partial charge in [0.25, 0.3) is 5.91 Å². The monoisotopic (exact) mass is 552 g/mol. The number of alkyl carbamates (subject to hydrolysis) is 1. The van der Waals surface area contributed by atoms with Crippen LogP contribution >= 0.6 is 0 Å². The fourth-order valence-corrected chi connectivity index (χ4v) is 6.59. The largest absolute Gasteiger partial charge is 0.444 e. The first-order valence-electron chi connectivity index (χ1n) is 13.7. The first-order chi connectivity index (χ1) is 17.8. The van der Waals surface area contributed by atoms with Gasteiger partial charge in [0.1, 0.15) is 23.2 Å². The Kier molecular flexibility index (Phi) is 8.11. The minimum Gasteiger partial charge on any atom is -0.444 e. The summed E-state index contributed by atoms with van der Waals surface area (Å²) in [5.41, 5.74) is -2.08. The zero-order valence-corrected chi connectivity index (χ0v) is 23.3. The highest BCUT2D eigenvalue weighted by molar-refractivity contribution is 7.91. The van der Waals surface area contributed by atoms with Crippen molar-refractivity contribution in [3.05, 3.63) is 12.2 Å². The fourth-order valence-electron chi connectivity index (χ4n) is 5.23. The average Bonchev–Trinajstić information content (AvgIpc) is 3.72. The van der Waals surface area contributed by atoms with Crippen LogP contribution in [0.3, 0.4) is 0 Å². The summed E-state index contributed by atoms with van der Waals surface area (Å²) in [6.07, 6.45) is 9.05. The van der Waals surface area contributed by atoms with Crippen molar-refractivity contribution in [2.75, 3.05) is 6.54 Å². The van der Waals surface area contributed by atoms with Crippen LogP contribution in [0.15, 0.2) is 12.2 Å². The third-order valence-electron chi connectivity index (χ3n) is 7.52. The molecule has 3 N–H and O–H groups in total. The molecule has 0 aromatic rings. The van der Waals surface area contributed by atoms with Gasteiger partial charge >= 0.3 is 6.09 Å². The normalized spacial score (nSPS) is 31.6. The van der Waals surface area contributed by atoms with Crippen molar-refractivity contribution < 1.29 is 32.3 Å². The number of nitrogens with one attached hydrogen (secondary N) is 3. The summed E-state index contributed by atoms with van der Waals surface area (Å²) >= 11 is 0. The molecule has 12 heteroatoms. The lowest BCUT2D eigenvalue weighted by Gasteiger charge is -2.30. The molecule has 2 aliphatic carbocycles. The molecule has 2 saturated carbocycles. The Morgan fingerprint density at radius 1 is 1.08 bits per heavy atom. The van der Waals surface area contributed by atoms with E-state index in [9.17, 15) is 27.6 Å². The van der Waals surface area contributed by atoms with Crippen LogP contribution < -0.4 is 15.4 Å². The first kappa shape index (κ1) is 28.4. The number of sulfonamides is 1. The molecular formula is C26H40N4O7S. The Balaban J connectivity index is 1.54. The molecule has 4 rings (SSSR count). The van der Waals surface area contributed by atoms with E-state index in [1.165, 1.54) is 4.90 Å². The van der Waals surface area contributed by atoms with E-state index in [4.69, 9.17) is 4.74 Å². The summed E-state index contributed by atoms with van der Waals surface area (Å²) in [4.78, 5) is 54.3. The van der Waals surface area contributed by atoms with Crippen molar-refractivity contribution in [2.24, 2.45) is 5.92 Å². The Labute approximate surface area is 224 Å². The summed E-state index contributed by atoms with van der Waals surface area (Å²) in [6.45, 7) is 5.58. The quantitative estimate of drug-likeness (QED) is 0.451. The number of nitrogens with zero attached hydrogens (tertiary/aromatic N) is 1. The van der Waals surface area contributed by atoms with Gasteiger partial charge in [-0.25, -0.2) is 13.2 Å². The molecule has 2 heterocycles. The Morgan fingerprint density at radius 3 is 2.50 bits per heavy atom. The van der Waals surface area contributed by atoms with Gasteiger partial charge in [-0.1, -0.05) is 25.0 Å². The number of amides is 4. The van der Waals surface area contributed by atoms with Gasteiger partial charge in [0.15, 0.2) is 0 Å². The zero-order chi connectivity index (χ0) is 27.7. The van der Waals surface area contributed by atoms with Crippen LogP contribution in [0.2, 0.25) is 0 Å². The molecule has 0 aromatic carbocycles. The first-order valence-corrected chi connectivity index (χ1v) is 15.2. The molecule has 4 aliphatic rings. The molecular weight excluding hydrogens is 512 g/mol. The van der Waals surface area contributed by atoms with Gasteiger partial charge in [0.2, 0.25) is 21.8 Å². The van der Waals surface area contributed by atoms with Gasteiger partial charge in [0, 0.05) is 12.5 Å². The smallest absolute Gasteiger partial charge is 0.408 e. The molecule has 0 radical (unpaired) electrons. The van der Waals surface area contributed by atoms with E-state index in [2.05, 4.69) is 15.4 Å². The van der Waals surface area contributed by atoms with Crippen LogP contribution in [0.5, 0.6) is 0 Å². The van der Waals surface area contributed by atoms with Gasteiger partial charge in [-0.05, 0) is 72.1 Å². The SMILES string of the molecule is CC(C)(C)OC(=O)N[C@H]1CCCCC/C=C\[C@H]2C[C@@]2(C(=O)NS(=O)(=O)C2CC2)NC(=O)[C@@H]2CCCN2C1=O. The van der Waals surface area contributed by atoms with Gasteiger partial charge in [-0.15, -0.1) is 0 Å². The van der Waals surface area contributed by atoms with Gasteiger partial charge in [-0.3, -0.25) is 19.1 Å². The number of rotatable bonds is 4. The number of carbonyl (C=O) groups is 4. The zero-order valence-electron chi connectivity index (χ0n) is 22.5. The molecule has 212 valence electrons. The van der Waals surface area contributed by atoms with E-state index >= 15 is 0 Å². The standard InChI is InChI=1S/C26H40N4O7S/c1-25(2,3)37-24(34)27-19-11-8-6-4-5-7-10-17-16-26(17,23(33)29-38(35,36)18-13-14-18)28-21(31)20-12-9-15-30(20)22(19)32/h7,10,17-20H,4-6,8-9,11-16H2,1-3H3,(H,27,34)(H,28,31)(H,29,33)/b10-7-/t17-,19-,20-,26+/m0/s1. The van der Waals surface area contributed by atoms with Crippen LogP contribution in [0.4, 0.5) is 4.79 Å². The summed E-state index contributed by atoms with van der Waals surface area (Å²) in [6, 6.07) is -1.65. The van der Waals surface area contributed by atoms with Gasteiger partial charge < -0.3 is 20.3 Å². The Morgan fingerprint density at radius 2 is 1.82 bits per heavy atom. The maximum atomic E-state index is 13.6. The van der Waals surface area contributed by atoms with Crippen LogP contribution in [0.25, 0.3) is 0 Å². The van der Waals surface area contributed by atoms with Gasteiger partial charge in [0.05, 0.1) is 5.25 Å². The lowest BCUT2D eigenvalue weighted by atomic mass is 10.0. The highest BCUT2D eigenvalue weighted by atomic mass is 32.2. The molecule has 38 heavy (non-hydrogen) atoms. The third kappa shape index (κ3) is 6.68. The van der Waals surface area contributed by atoms with E-state index in [0.717, 1.165) is 19.3 Å². The molecule has 4 amide bonds. The molecule has 0 spiro atoms. The number of ether oxygens (including phenoxy) is 1. The summed E-state index contributed by atoms with van der Waals surface area (Å²) in [7, 11) is -3.78. The van der Waals surface area contributed by atoms with Crippen molar-refractivity contribution in [2.45, 2.75) is 113 Å². The summed E-state index contributed by atoms with van der Waals surface area (Å²) < 4.78 is 32.5. The third-order valence-corrected chi connectivity index (χ3v) is 9.34. The van der Waals surface area contributed by atoms with Crippen molar-refractivity contribution in [3.8, 4) is 0 Å². The molecule has 3 fully saturated rings. The van der Waals surface area contributed by atoms with E-state index in [-0.39, 0.29) is 11.8 Å². The van der Waals surface area contributed by atoms with Crippen LogP contribution in [-0.2, 0) is 29.1 Å². The van der Waals surface area contributed by atoms with E-state index < -0.39 is 56.4 Å². The second-order valence-corrected chi connectivity index (χ2v) is 13.9. The molecule has 1 saturated heterocycles. The molecule has 0 bridgehead atoms. The maximum absolute atomic E-state index is 13.6. The summed E-state index contributed by atoms with van der Waals surface area (Å²) in [5.74, 6) is -1.89. The second-order valence-electron chi connectivity index (χ2n) is 11.9. The van der Waals surface area contributed by atoms with Crippen LogP contribution in [-0.4, -0.2) is 72.2 Å². The van der Waals surface area contributed by atoms with Crippen molar-refractivity contribution >= 4 is 33.8 Å². The van der Waals surface area contributed by atoms with Gasteiger partial charge in [-0.2, -0.15) is 0 Å². The predicted molar refractivity (Wildman–Crippen MR) is 139 cm³/mol. The lowest BCUT2D eigenvalue weighted by Crippen LogP contribution is -2.58. The Bertz CT molecular complexity index is 1100. The molecule has 0 unspecified atom stereocenters. The highest BCUT2D eigenvalue weighted by Gasteiger charge is 2.61.